The first-order valence-corrected chi connectivity index (χ1v) is 12.2. The average molecular weight is 523 g/mol. The van der Waals surface area contributed by atoms with Crippen molar-refractivity contribution >= 4 is 33.4 Å². The number of pyridine rings is 1. The summed E-state index contributed by atoms with van der Waals surface area (Å²) in [6.07, 6.45) is -2.81. The van der Waals surface area contributed by atoms with Crippen LogP contribution < -0.4 is 5.32 Å². The maximum Gasteiger partial charge on any atom is 0.416 e. The molecule has 3 aromatic heterocycles. The van der Waals surface area contributed by atoms with Gasteiger partial charge in [0, 0.05) is 17.2 Å². The van der Waals surface area contributed by atoms with Gasteiger partial charge in [-0.25, -0.2) is 9.67 Å². The molecule has 0 saturated carbocycles. The van der Waals surface area contributed by atoms with E-state index in [9.17, 15) is 18.0 Å². The molecule has 2 aromatic carbocycles. The molecule has 1 N–H and O–H groups in total. The summed E-state index contributed by atoms with van der Waals surface area (Å²) in [5.41, 5.74) is 3.27. The smallest absolute Gasteiger partial charge is 0.296 e. The first-order chi connectivity index (χ1) is 17.6. The summed E-state index contributed by atoms with van der Waals surface area (Å²) in [5.74, 6) is -0.417. The Bertz CT molecular complexity index is 1590. The highest BCUT2D eigenvalue weighted by Gasteiger charge is 2.30. The van der Waals surface area contributed by atoms with Gasteiger partial charge in [-0.2, -0.15) is 18.3 Å². The number of benzene rings is 2. The number of aromatic nitrogens is 5. The lowest BCUT2D eigenvalue weighted by atomic mass is 10.1. The lowest BCUT2D eigenvalue weighted by Crippen LogP contribution is -2.13. The fourth-order valence-corrected chi connectivity index (χ4v) is 4.56. The molecule has 0 atom stereocenters. The second-order valence-corrected chi connectivity index (χ2v) is 9.76. The monoisotopic (exact) mass is 522 g/mol. The lowest BCUT2D eigenvalue weighted by Gasteiger charge is -2.10. The van der Waals surface area contributed by atoms with Crippen LogP contribution in [0.1, 0.15) is 41.4 Å². The molecule has 0 spiro atoms. The van der Waals surface area contributed by atoms with Crippen molar-refractivity contribution in [1.29, 1.82) is 0 Å². The Balaban J connectivity index is 1.47. The number of amides is 1. The van der Waals surface area contributed by atoms with Crippen LogP contribution >= 0.6 is 11.3 Å². The number of aryl methyl sites for hydroxylation is 1. The first kappa shape index (κ1) is 24.6. The standard InChI is InChI=1S/C26H21F3N6OS/c1-14(2)35-22-20(13-30-35)19(12-21(31-22)16-6-4-15(3)5-7-16)23(36)32-25-34-33-24(37-25)17-8-10-18(11-9-17)26(27,28)29/h4-14H,1-3H3,(H,32,34,36). The van der Waals surface area contributed by atoms with Crippen LogP contribution in [0, 0.1) is 6.92 Å². The van der Waals surface area contributed by atoms with Gasteiger partial charge in [0.1, 0.15) is 5.01 Å². The van der Waals surface area contributed by atoms with Crippen LogP contribution in [0.2, 0.25) is 0 Å². The van der Waals surface area contributed by atoms with E-state index in [-0.39, 0.29) is 11.2 Å². The van der Waals surface area contributed by atoms with Crippen molar-refractivity contribution in [1.82, 2.24) is 25.0 Å². The van der Waals surface area contributed by atoms with E-state index in [0.717, 1.165) is 34.6 Å². The zero-order chi connectivity index (χ0) is 26.3. The van der Waals surface area contributed by atoms with Gasteiger partial charge < -0.3 is 0 Å². The summed E-state index contributed by atoms with van der Waals surface area (Å²) in [5, 5.41) is 16.4. The third-order valence-corrected chi connectivity index (χ3v) is 6.64. The van der Waals surface area contributed by atoms with Gasteiger partial charge in [-0.3, -0.25) is 10.1 Å². The van der Waals surface area contributed by atoms with Gasteiger partial charge >= 0.3 is 6.18 Å². The molecule has 5 rings (SSSR count). The number of halogens is 3. The lowest BCUT2D eigenvalue weighted by molar-refractivity contribution is -0.137. The SMILES string of the molecule is Cc1ccc(-c2cc(C(=O)Nc3nnc(-c4ccc(C(F)(F)F)cc4)s3)c3cnn(C(C)C)c3n2)cc1. The molecule has 0 fully saturated rings. The summed E-state index contributed by atoms with van der Waals surface area (Å²) < 4.78 is 40.3. The number of rotatable bonds is 5. The van der Waals surface area contributed by atoms with E-state index in [4.69, 9.17) is 4.98 Å². The van der Waals surface area contributed by atoms with Crippen LogP contribution in [0.5, 0.6) is 0 Å². The number of hydrogen-bond acceptors (Lipinski definition) is 6. The van der Waals surface area contributed by atoms with Gasteiger partial charge in [0.15, 0.2) is 5.65 Å². The van der Waals surface area contributed by atoms with Crippen molar-refractivity contribution in [2.75, 3.05) is 5.32 Å². The minimum absolute atomic E-state index is 0.0311. The third-order valence-electron chi connectivity index (χ3n) is 5.75. The summed E-state index contributed by atoms with van der Waals surface area (Å²) in [4.78, 5) is 18.2. The topological polar surface area (TPSA) is 85.6 Å². The number of fused-ring (bicyclic) bond motifs is 1. The summed E-state index contributed by atoms with van der Waals surface area (Å²) >= 11 is 1.07. The molecule has 7 nitrogen and oxygen atoms in total. The number of alkyl halides is 3. The number of nitrogens with one attached hydrogen (secondary N) is 1. The van der Waals surface area contributed by atoms with E-state index < -0.39 is 17.6 Å². The molecule has 1 amide bonds. The van der Waals surface area contributed by atoms with E-state index >= 15 is 0 Å². The fourth-order valence-electron chi connectivity index (χ4n) is 3.81. The normalized spacial score (nSPS) is 11.9. The molecular weight excluding hydrogens is 501 g/mol. The molecule has 188 valence electrons. The second-order valence-electron chi connectivity index (χ2n) is 8.78. The molecule has 0 unspecified atom stereocenters. The van der Waals surface area contributed by atoms with E-state index in [1.807, 2.05) is 45.0 Å². The maximum atomic E-state index is 13.4. The zero-order valence-corrected chi connectivity index (χ0v) is 20.9. The van der Waals surface area contributed by atoms with Crippen molar-refractivity contribution in [3.8, 4) is 21.8 Å². The Hall–Kier alpha value is -4.12. The van der Waals surface area contributed by atoms with Gasteiger partial charge in [-0.05, 0) is 39.0 Å². The van der Waals surface area contributed by atoms with Crippen molar-refractivity contribution in [3.63, 3.8) is 0 Å². The number of anilines is 1. The van der Waals surface area contributed by atoms with Crippen LogP contribution in [0.4, 0.5) is 18.3 Å². The van der Waals surface area contributed by atoms with Crippen molar-refractivity contribution in [3.05, 3.63) is 77.5 Å². The Morgan fingerprint density at radius 2 is 1.68 bits per heavy atom. The van der Waals surface area contributed by atoms with Crippen molar-refractivity contribution in [2.45, 2.75) is 33.0 Å². The first-order valence-electron chi connectivity index (χ1n) is 11.4. The summed E-state index contributed by atoms with van der Waals surface area (Å²) in [7, 11) is 0. The number of nitrogens with zero attached hydrogens (tertiary/aromatic N) is 5. The Morgan fingerprint density at radius 1 is 1.00 bits per heavy atom. The predicted octanol–water partition coefficient (Wildman–Crippen LogP) is 6.78. The summed E-state index contributed by atoms with van der Waals surface area (Å²) in [6, 6.07) is 14.2. The second kappa shape index (κ2) is 9.40. The number of carbonyl (C=O) groups excluding carboxylic acids is 1. The molecule has 5 aromatic rings. The zero-order valence-electron chi connectivity index (χ0n) is 20.0. The highest BCUT2D eigenvalue weighted by Crippen LogP contribution is 2.33. The molecule has 0 saturated heterocycles. The van der Waals surface area contributed by atoms with E-state index in [1.165, 1.54) is 12.1 Å². The van der Waals surface area contributed by atoms with Gasteiger partial charge in [0.2, 0.25) is 5.13 Å². The van der Waals surface area contributed by atoms with Gasteiger partial charge in [0.25, 0.3) is 5.91 Å². The van der Waals surface area contributed by atoms with Gasteiger partial charge in [0.05, 0.1) is 28.4 Å². The third kappa shape index (κ3) is 4.94. The molecule has 0 aliphatic rings. The molecule has 11 heteroatoms. The molecule has 0 aliphatic carbocycles. The highest BCUT2D eigenvalue weighted by atomic mass is 32.1. The fraction of sp³-hybridized carbons (Fsp3) is 0.192. The molecule has 37 heavy (non-hydrogen) atoms. The van der Waals surface area contributed by atoms with Crippen LogP contribution in [0.3, 0.4) is 0 Å². The Kier molecular flexibility index (Phi) is 6.24. The van der Waals surface area contributed by atoms with E-state index in [1.54, 1.807) is 16.9 Å². The van der Waals surface area contributed by atoms with Crippen LogP contribution in [0.15, 0.2) is 60.8 Å². The maximum absolute atomic E-state index is 13.4. The largest absolute Gasteiger partial charge is 0.416 e. The van der Waals surface area contributed by atoms with E-state index in [2.05, 4.69) is 20.6 Å². The van der Waals surface area contributed by atoms with Crippen LogP contribution in [-0.4, -0.2) is 30.9 Å². The summed E-state index contributed by atoms with van der Waals surface area (Å²) in [6.45, 7) is 5.96. The Morgan fingerprint density at radius 3 is 2.32 bits per heavy atom. The molecule has 0 radical (unpaired) electrons. The molecule has 0 bridgehead atoms. The highest BCUT2D eigenvalue weighted by molar-refractivity contribution is 7.18. The molecule has 0 aliphatic heterocycles. The quantitative estimate of drug-likeness (QED) is 0.275. The van der Waals surface area contributed by atoms with Crippen molar-refractivity contribution < 1.29 is 18.0 Å². The van der Waals surface area contributed by atoms with E-state index in [0.29, 0.717) is 32.9 Å². The number of hydrogen-bond donors (Lipinski definition) is 1. The molecular formula is C26H21F3N6OS. The van der Waals surface area contributed by atoms with Crippen molar-refractivity contribution in [2.24, 2.45) is 0 Å². The van der Waals surface area contributed by atoms with Crippen LogP contribution in [0.25, 0.3) is 32.9 Å². The minimum Gasteiger partial charge on any atom is -0.296 e. The number of carbonyl (C=O) groups is 1. The Labute approximate surface area is 214 Å². The molecule has 3 heterocycles. The minimum atomic E-state index is -4.42. The average Bonchev–Trinajstić information content (AvgIpc) is 3.51. The van der Waals surface area contributed by atoms with Gasteiger partial charge in [-0.15, -0.1) is 10.2 Å². The predicted molar refractivity (Wildman–Crippen MR) is 136 cm³/mol. The van der Waals surface area contributed by atoms with Crippen LogP contribution in [-0.2, 0) is 6.18 Å². The van der Waals surface area contributed by atoms with Gasteiger partial charge in [-0.1, -0.05) is 53.3 Å².